The molecule has 88 valence electrons. The molecule has 2 N–H and O–H groups in total. The SMILES string of the molecule is NCCCCC(=O)OCc1ccccc1F. The van der Waals surface area contributed by atoms with Crippen molar-refractivity contribution in [3.63, 3.8) is 0 Å². The number of rotatable bonds is 6. The van der Waals surface area contributed by atoms with E-state index in [0.717, 1.165) is 6.42 Å². The first-order valence-electron chi connectivity index (χ1n) is 5.33. The molecule has 0 bridgehead atoms. The van der Waals surface area contributed by atoms with E-state index in [2.05, 4.69) is 0 Å². The first-order valence-corrected chi connectivity index (χ1v) is 5.33. The Morgan fingerprint density at radius 1 is 1.31 bits per heavy atom. The third kappa shape index (κ3) is 4.40. The Bertz CT molecular complexity index is 342. The van der Waals surface area contributed by atoms with E-state index in [9.17, 15) is 9.18 Å². The Hall–Kier alpha value is -1.42. The van der Waals surface area contributed by atoms with E-state index in [4.69, 9.17) is 10.5 Å². The lowest BCUT2D eigenvalue weighted by Crippen LogP contribution is -2.07. The van der Waals surface area contributed by atoms with Crippen molar-refractivity contribution >= 4 is 5.97 Å². The maximum absolute atomic E-state index is 13.1. The third-order valence-electron chi connectivity index (χ3n) is 2.18. The van der Waals surface area contributed by atoms with Gasteiger partial charge in [-0.2, -0.15) is 0 Å². The average Bonchev–Trinajstić information content (AvgIpc) is 2.28. The van der Waals surface area contributed by atoms with Crippen LogP contribution in [0.3, 0.4) is 0 Å². The second kappa shape index (κ2) is 6.95. The van der Waals surface area contributed by atoms with Crippen molar-refractivity contribution < 1.29 is 13.9 Å². The van der Waals surface area contributed by atoms with Crippen LogP contribution in [0.25, 0.3) is 0 Å². The summed E-state index contributed by atoms with van der Waals surface area (Å²) in [5.74, 6) is -0.658. The number of unbranched alkanes of at least 4 members (excludes halogenated alkanes) is 1. The molecule has 0 aromatic heterocycles. The zero-order chi connectivity index (χ0) is 11.8. The van der Waals surface area contributed by atoms with E-state index < -0.39 is 0 Å². The van der Waals surface area contributed by atoms with Gasteiger partial charge in [-0.15, -0.1) is 0 Å². The van der Waals surface area contributed by atoms with E-state index >= 15 is 0 Å². The van der Waals surface area contributed by atoms with Gasteiger partial charge in [0.25, 0.3) is 0 Å². The number of benzene rings is 1. The van der Waals surface area contributed by atoms with Gasteiger partial charge in [0.2, 0.25) is 0 Å². The van der Waals surface area contributed by atoms with Crippen LogP contribution < -0.4 is 5.73 Å². The molecule has 0 heterocycles. The smallest absolute Gasteiger partial charge is 0.306 e. The maximum atomic E-state index is 13.1. The highest BCUT2D eigenvalue weighted by molar-refractivity contribution is 5.69. The van der Waals surface area contributed by atoms with Crippen LogP contribution in [0.15, 0.2) is 24.3 Å². The first kappa shape index (κ1) is 12.6. The van der Waals surface area contributed by atoms with Gasteiger partial charge < -0.3 is 10.5 Å². The molecule has 0 unspecified atom stereocenters. The monoisotopic (exact) mass is 225 g/mol. The molecule has 0 radical (unpaired) electrons. The van der Waals surface area contributed by atoms with Gasteiger partial charge in [0.1, 0.15) is 12.4 Å². The van der Waals surface area contributed by atoms with Crippen LogP contribution in [0, 0.1) is 5.82 Å². The van der Waals surface area contributed by atoms with Crippen LogP contribution in [-0.2, 0) is 16.1 Å². The molecule has 1 rings (SSSR count). The van der Waals surface area contributed by atoms with Gasteiger partial charge in [0, 0.05) is 12.0 Å². The minimum atomic E-state index is -0.350. The molecule has 0 spiro atoms. The summed E-state index contributed by atoms with van der Waals surface area (Å²) >= 11 is 0. The summed E-state index contributed by atoms with van der Waals surface area (Å²) in [6, 6.07) is 6.25. The minimum Gasteiger partial charge on any atom is -0.461 e. The van der Waals surface area contributed by atoms with Crippen molar-refractivity contribution in [3.8, 4) is 0 Å². The van der Waals surface area contributed by atoms with Gasteiger partial charge in [-0.1, -0.05) is 18.2 Å². The Balaban J connectivity index is 2.29. The van der Waals surface area contributed by atoms with Crippen LogP contribution in [0.4, 0.5) is 4.39 Å². The standard InChI is InChI=1S/C12H16FNO2/c13-11-6-2-1-5-10(11)9-16-12(15)7-3-4-8-14/h1-2,5-6H,3-4,7-9,14H2. The Morgan fingerprint density at radius 2 is 2.06 bits per heavy atom. The molecule has 1 aromatic rings. The molecule has 0 saturated carbocycles. The highest BCUT2D eigenvalue weighted by atomic mass is 19.1. The number of carbonyl (C=O) groups excluding carboxylic acids is 1. The van der Waals surface area contributed by atoms with E-state index in [-0.39, 0.29) is 18.4 Å². The maximum Gasteiger partial charge on any atom is 0.306 e. The van der Waals surface area contributed by atoms with Gasteiger partial charge >= 0.3 is 5.97 Å². The van der Waals surface area contributed by atoms with Crippen LogP contribution in [0.5, 0.6) is 0 Å². The topological polar surface area (TPSA) is 52.3 Å². The highest BCUT2D eigenvalue weighted by Gasteiger charge is 2.05. The number of hydrogen-bond acceptors (Lipinski definition) is 3. The van der Waals surface area contributed by atoms with Crippen LogP contribution in [0.1, 0.15) is 24.8 Å². The molecule has 0 amide bonds. The Morgan fingerprint density at radius 3 is 2.75 bits per heavy atom. The summed E-state index contributed by atoms with van der Waals surface area (Å²) in [6.07, 6.45) is 1.85. The van der Waals surface area contributed by atoms with Crippen LogP contribution in [0.2, 0.25) is 0 Å². The number of esters is 1. The predicted octanol–water partition coefficient (Wildman–Crippen LogP) is 2.00. The lowest BCUT2D eigenvalue weighted by molar-refractivity contribution is -0.145. The molecule has 16 heavy (non-hydrogen) atoms. The second-order valence-electron chi connectivity index (χ2n) is 3.50. The molecular formula is C12H16FNO2. The molecule has 0 fully saturated rings. The quantitative estimate of drug-likeness (QED) is 0.595. The second-order valence-corrected chi connectivity index (χ2v) is 3.50. The third-order valence-corrected chi connectivity index (χ3v) is 2.18. The molecule has 0 aliphatic rings. The molecular weight excluding hydrogens is 209 g/mol. The number of halogens is 1. The lowest BCUT2D eigenvalue weighted by Gasteiger charge is -2.05. The fourth-order valence-corrected chi connectivity index (χ4v) is 1.26. The average molecular weight is 225 g/mol. The van der Waals surface area contributed by atoms with Crippen molar-refractivity contribution in [1.82, 2.24) is 0 Å². The molecule has 4 heteroatoms. The Labute approximate surface area is 94.4 Å². The molecule has 0 atom stereocenters. The van der Waals surface area contributed by atoms with Gasteiger partial charge in [-0.3, -0.25) is 4.79 Å². The molecule has 0 aliphatic heterocycles. The normalized spacial score (nSPS) is 10.1. The van der Waals surface area contributed by atoms with E-state index in [0.29, 0.717) is 24.9 Å². The molecule has 0 aliphatic carbocycles. The highest BCUT2D eigenvalue weighted by Crippen LogP contribution is 2.08. The summed E-state index contributed by atoms with van der Waals surface area (Å²) in [4.78, 5) is 11.2. The van der Waals surface area contributed by atoms with Gasteiger partial charge in [-0.05, 0) is 25.5 Å². The van der Waals surface area contributed by atoms with Gasteiger partial charge in [0.15, 0.2) is 0 Å². The molecule has 3 nitrogen and oxygen atoms in total. The summed E-state index contributed by atoms with van der Waals surface area (Å²) in [7, 11) is 0. The number of hydrogen-bond donors (Lipinski definition) is 1. The number of carbonyl (C=O) groups is 1. The summed E-state index contributed by atoms with van der Waals surface area (Å²) in [5, 5.41) is 0. The fourth-order valence-electron chi connectivity index (χ4n) is 1.26. The number of ether oxygens (including phenoxy) is 1. The van der Waals surface area contributed by atoms with Gasteiger partial charge in [-0.25, -0.2) is 4.39 Å². The van der Waals surface area contributed by atoms with Crippen LogP contribution >= 0.6 is 0 Å². The summed E-state index contributed by atoms with van der Waals surface area (Å²) in [5.41, 5.74) is 5.70. The zero-order valence-electron chi connectivity index (χ0n) is 9.12. The largest absolute Gasteiger partial charge is 0.461 e. The van der Waals surface area contributed by atoms with Crippen molar-refractivity contribution in [3.05, 3.63) is 35.6 Å². The van der Waals surface area contributed by atoms with Crippen molar-refractivity contribution in [2.24, 2.45) is 5.73 Å². The first-order chi connectivity index (χ1) is 7.74. The predicted molar refractivity (Wildman–Crippen MR) is 59.1 cm³/mol. The van der Waals surface area contributed by atoms with E-state index in [1.54, 1.807) is 18.2 Å². The van der Waals surface area contributed by atoms with Crippen molar-refractivity contribution in [1.29, 1.82) is 0 Å². The fraction of sp³-hybridized carbons (Fsp3) is 0.417. The molecule has 0 saturated heterocycles. The Kier molecular flexibility index (Phi) is 5.50. The van der Waals surface area contributed by atoms with E-state index in [1.165, 1.54) is 6.07 Å². The van der Waals surface area contributed by atoms with E-state index in [1.807, 2.05) is 0 Å². The lowest BCUT2D eigenvalue weighted by atomic mass is 10.2. The summed E-state index contributed by atoms with van der Waals surface area (Å²) in [6.45, 7) is 0.564. The number of nitrogens with two attached hydrogens (primary N) is 1. The van der Waals surface area contributed by atoms with Crippen LogP contribution in [-0.4, -0.2) is 12.5 Å². The zero-order valence-corrected chi connectivity index (χ0v) is 9.12. The van der Waals surface area contributed by atoms with Crippen molar-refractivity contribution in [2.45, 2.75) is 25.9 Å². The molecule has 1 aromatic carbocycles. The summed E-state index contributed by atoms with van der Waals surface area (Å²) < 4.78 is 18.1. The van der Waals surface area contributed by atoms with Crippen molar-refractivity contribution in [2.75, 3.05) is 6.54 Å². The minimum absolute atomic E-state index is 0.00582. The van der Waals surface area contributed by atoms with Gasteiger partial charge in [0.05, 0.1) is 0 Å².